The highest BCUT2D eigenvalue weighted by Gasteiger charge is 2.34. The first-order chi connectivity index (χ1) is 7.11. The van der Waals surface area contributed by atoms with Crippen LogP contribution in [0.5, 0.6) is 0 Å². The lowest BCUT2D eigenvalue weighted by Crippen LogP contribution is -2.40. The highest BCUT2D eigenvalue weighted by Crippen LogP contribution is 2.28. The normalized spacial score (nSPS) is 11.8. The molecular weight excluding hydrogens is 204 g/mol. The van der Waals surface area contributed by atoms with E-state index in [0.717, 1.165) is 6.07 Å². The van der Waals surface area contributed by atoms with E-state index in [1.54, 1.807) is 0 Å². The van der Waals surface area contributed by atoms with Crippen molar-refractivity contribution in [2.24, 2.45) is 5.73 Å². The quantitative estimate of drug-likeness (QED) is 0.775. The van der Waals surface area contributed by atoms with Crippen molar-refractivity contribution in [3.05, 3.63) is 35.4 Å². The van der Waals surface area contributed by atoms with Gasteiger partial charge in [-0.2, -0.15) is 0 Å². The van der Waals surface area contributed by atoms with E-state index in [2.05, 4.69) is 0 Å². The fourth-order valence-corrected chi connectivity index (χ4v) is 1.38. The Balaban J connectivity index is 3.28. The summed E-state index contributed by atoms with van der Waals surface area (Å²) in [7, 11) is 2.64. The molecule has 0 fully saturated rings. The van der Waals surface area contributed by atoms with Gasteiger partial charge in [0.05, 0.1) is 12.1 Å². The zero-order valence-electron chi connectivity index (χ0n) is 8.59. The molecule has 0 amide bonds. The van der Waals surface area contributed by atoms with Crippen LogP contribution in [0.4, 0.5) is 8.78 Å². The molecule has 1 rings (SSSR count). The molecule has 0 unspecified atom stereocenters. The summed E-state index contributed by atoms with van der Waals surface area (Å²) < 4.78 is 36.5. The molecule has 0 atom stereocenters. The molecule has 0 saturated carbocycles. The molecule has 5 heteroatoms. The van der Waals surface area contributed by atoms with Crippen molar-refractivity contribution in [3.8, 4) is 0 Å². The highest BCUT2D eigenvalue weighted by atomic mass is 19.2. The average molecular weight is 217 g/mol. The number of benzene rings is 1. The number of rotatable bonds is 4. The second-order valence-electron chi connectivity index (χ2n) is 2.97. The van der Waals surface area contributed by atoms with Crippen LogP contribution in [0.3, 0.4) is 0 Å². The SMILES string of the molecule is COC(CN)(OC)c1cccc(F)c1F. The molecule has 3 nitrogen and oxygen atoms in total. The Bertz CT molecular complexity index is 332. The maximum absolute atomic E-state index is 13.5. The molecular formula is C10H13F2NO2. The van der Waals surface area contributed by atoms with Crippen LogP contribution >= 0.6 is 0 Å². The summed E-state index contributed by atoms with van der Waals surface area (Å²) >= 11 is 0. The number of methoxy groups -OCH3 is 2. The van der Waals surface area contributed by atoms with Crippen LogP contribution in [-0.2, 0) is 15.3 Å². The molecule has 0 aliphatic rings. The molecule has 0 spiro atoms. The predicted octanol–water partition coefficient (Wildman–Crippen LogP) is 1.37. The van der Waals surface area contributed by atoms with Gasteiger partial charge in [-0.1, -0.05) is 12.1 Å². The lowest BCUT2D eigenvalue weighted by atomic mass is 10.0. The van der Waals surface area contributed by atoms with Gasteiger partial charge in [-0.05, 0) is 6.07 Å². The molecule has 0 aliphatic carbocycles. The van der Waals surface area contributed by atoms with Gasteiger partial charge in [-0.15, -0.1) is 0 Å². The third-order valence-corrected chi connectivity index (χ3v) is 2.29. The first kappa shape index (κ1) is 12.0. The molecule has 1 aromatic carbocycles. The molecule has 0 radical (unpaired) electrons. The molecule has 0 bridgehead atoms. The Morgan fingerprint density at radius 1 is 1.27 bits per heavy atom. The molecule has 2 N–H and O–H groups in total. The summed E-state index contributed by atoms with van der Waals surface area (Å²) in [5.41, 5.74) is 5.39. The largest absolute Gasteiger partial charge is 0.348 e. The second-order valence-corrected chi connectivity index (χ2v) is 2.97. The van der Waals surface area contributed by atoms with E-state index in [0.29, 0.717) is 0 Å². The smallest absolute Gasteiger partial charge is 0.210 e. The van der Waals surface area contributed by atoms with Crippen molar-refractivity contribution in [1.82, 2.24) is 0 Å². The van der Waals surface area contributed by atoms with Gasteiger partial charge < -0.3 is 15.2 Å². The van der Waals surface area contributed by atoms with Crippen molar-refractivity contribution in [2.75, 3.05) is 20.8 Å². The van der Waals surface area contributed by atoms with Crippen molar-refractivity contribution in [3.63, 3.8) is 0 Å². The van der Waals surface area contributed by atoms with E-state index in [-0.39, 0.29) is 12.1 Å². The van der Waals surface area contributed by atoms with Crippen LogP contribution in [0.15, 0.2) is 18.2 Å². The number of hydrogen-bond donors (Lipinski definition) is 1. The van der Waals surface area contributed by atoms with Crippen LogP contribution in [0.1, 0.15) is 5.56 Å². The van der Waals surface area contributed by atoms with Crippen molar-refractivity contribution >= 4 is 0 Å². The molecule has 0 heterocycles. The number of hydrogen-bond acceptors (Lipinski definition) is 3. The van der Waals surface area contributed by atoms with Gasteiger partial charge in [0.1, 0.15) is 0 Å². The zero-order chi connectivity index (χ0) is 11.5. The summed E-state index contributed by atoms with van der Waals surface area (Å²) in [4.78, 5) is 0. The van der Waals surface area contributed by atoms with Gasteiger partial charge in [0.25, 0.3) is 0 Å². The monoisotopic (exact) mass is 217 g/mol. The third kappa shape index (κ3) is 1.99. The molecule has 15 heavy (non-hydrogen) atoms. The van der Waals surface area contributed by atoms with Crippen LogP contribution in [0.25, 0.3) is 0 Å². The standard InChI is InChI=1S/C10H13F2NO2/c1-14-10(6-13,15-2)7-4-3-5-8(11)9(7)12/h3-5H,6,13H2,1-2H3. The van der Waals surface area contributed by atoms with Crippen LogP contribution in [-0.4, -0.2) is 20.8 Å². The topological polar surface area (TPSA) is 44.5 Å². The summed E-state index contributed by atoms with van der Waals surface area (Å²) in [6.45, 7) is -0.111. The van der Waals surface area contributed by atoms with E-state index in [1.165, 1.54) is 26.4 Å². The van der Waals surface area contributed by atoms with E-state index in [1.807, 2.05) is 0 Å². The highest BCUT2D eigenvalue weighted by molar-refractivity contribution is 5.24. The first-order valence-electron chi connectivity index (χ1n) is 4.36. The fourth-order valence-electron chi connectivity index (χ4n) is 1.38. The lowest BCUT2D eigenvalue weighted by Gasteiger charge is -2.30. The van der Waals surface area contributed by atoms with Crippen molar-refractivity contribution in [2.45, 2.75) is 5.79 Å². The van der Waals surface area contributed by atoms with Crippen LogP contribution < -0.4 is 5.73 Å². The number of halogens is 2. The Kier molecular flexibility index (Phi) is 3.73. The van der Waals surface area contributed by atoms with E-state index in [9.17, 15) is 8.78 Å². The molecule has 84 valence electrons. The van der Waals surface area contributed by atoms with Crippen molar-refractivity contribution < 1.29 is 18.3 Å². The van der Waals surface area contributed by atoms with Crippen LogP contribution in [0, 0.1) is 11.6 Å². The molecule has 1 aromatic rings. The predicted molar refractivity (Wildman–Crippen MR) is 51.1 cm³/mol. The van der Waals surface area contributed by atoms with Gasteiger partial charge in [0.2, 0.25) is 5.79 Å². The Hall–Kier alpha value is -1.04. The summed E-state index contributed by atoms with van der Waals surface area (Å²) in [6, 6.07) is 3.76. The lowest BCUT2D eigenvalue weighted by molar-refractivity contribution is -0.209. The zero-order valence-corrected chi connectivity index (χ0v) is 8.59. The van der Waals surface area contributed by atoms with E-state index < -0.39 is 17.4 Å². The van der Waals surface area contributed by atoms with E-state index >= 15 is 0 Å². The minimum Gasteiger partial charge on any atom is -0.348 e. The van der Waals surface area contributed by atoms with Gasteiger partial charge in [-0.25, -0.2) is 8.78 Å². The van der Waals surface area contributed by atoms with Gasteiger partial charge in [-0.3, -0.25) is 0 Å². The number of ether oxygens (including phenoxy) is 2. The summed E-state index contributed by atoms with van der Waals surface area (Å²) in [6.07, 6.45) is 0. The maximum Gasteiger partial charge on any atom is 0.210 e. The van der Waals surface area contributed by atoms with Gasteiger partial charge in [0.15, 0.2) is 11.6 Å². The first-order valence-corrected chi connectivity index (χ1v) is 4.36. The fraction of sp³-hybridized carbons (Fsp3) is 0.400. The average Bonchev–Trinajstić information content (AvgIpc) is 2.27. The Morgan fingerprint density at radius 3 is 2.33 bits per heavy atom. The molecule has 0 saturated heterocycles. The Morgan fingerprint density at radius 2 is 1.87 bits per heavy atom. The molecule has 0 aliphatic heterocycles. The Labute approximate surface area is 86.8 Å². The van der Waals surface area contributed by atoms with Crippen molar-refractivity contribution in [1.29, 1.82) is 0 Å². The maximum atomic E-state index is 13.5. The van der Waals surface area contributed by atoms with E-state index in [4.69, 9.17) is 15.2 Å². The minimum atomic E-state index is -1.44. The van der Waals surface area contributed by atoms with Crippen LogP contribution in [0.2, 0.25) is 0 Å². The molecule has 0 aromatic heterocycles. The van der Waals surface area contributed by atoms with Gasteiger partial charge >= 0.3 is 0 Å². The second kappa shape index (κ2) is 4.65. The third-order valence-electron chi connectivity index (χ3n) is 2.29. The van der Waals surface area contributed by atoms with Gasteiger partial charge in [0, 0.05) is 14.2 Å². The summed E-state index contributed by atoms with van der Waals surface area (Å²) in [5.74, 6) is -3.40. The minimum absolute atomic E-state index is 0.0463. The summed E-state index contributed by atoms with van der Waals surface area (Å²) in [5, 5.41) is 0. The number of nitrogens with two attached hydrogens (primary N) is 1.